The van der Waals surface area contributed by atoms with Gasteiger partial charge in [0.1, 0.15) is 0 Å². The van der Waals surface area contributed by atoms with Crippen LogP contribution in [0.25, 0.3) is 0 Å². The highest BCUT2D eigenvalue weighted by atomic mass is 16.5. The molecule has 0 aromatic carbocycles. The summed E-state index contributed by atoms with van der Waals surface area (Å²) in [5, 5.41) is 0. The van der Waals surface area contributed by atoms with Crippen molar-refractivity contribution in [2.45, 2.75) is 31.4 Å². The summed E-state index contributed by atoms with van der Waals surface area (Å²) in [6, 6.07) is 0.691. The minimum atomic E-state index is 0.527. The van der Waals surface area contributed by atoms with E-state index in [0.717, 1.165) is 13.2 Å². The Labute approximate surface area is 74.2 Å². The van der Waals surface area contributed by atoms with Gasteiger partial charge >= 0.3 is 0 Å². The molecule has 12 heavy (non-hydrogen) atoms. The first-order valence-electron chi connectivity index (χ1n) is 4.88. The van der Waals surface area contributed by atoms with E-state index in [1.165, 1.54) is 25.8 Å². The third-order valence-electron chi connectivity index (χ3n) is 2.94. The van der Waals surface area contributed by atoms with E-state index in [0.29, 0.717) is 12.1 Å². The summed E-state index contributed by atoms with van der Waals surface area (Å²) in [5.74, 6) is 0. The largest absolute Gasteiger partial charge is 0.377 e. The van der Waals surface area contributed by atoms with Gasteiger partial charge in [-0.25, -0.2) is 0 Å². The molecule has 0 unspecified atom stereocenters. The minimum Gasteiger partial charge on any atom is -0.377 e. The fourth-order valence-corrected chi connectivity index (χ4v) is 2.38. The van der Waals surface area contributed by atoms with Crippen molar-refractivity contribution in [3.63, 3.8) is 0 Å². The van der Waals surface area contributed by atoms with Crippen LogP contribution in [0.1, 0.15) is 19.3 Å². The molecule has 0 bridgehead atoms. The van der Waals surface area contributed by atoms with Gasteiger partial charge in [0.25, 0.3) is 0 Å². The highest BCUT2D eigenvalue weighted by Gasteiger charge is 2.35. The second kappa shape index (κ2) is 3.58. The van der Waals surface area contributed by atoms with E-state index in [9.17, 15) is 0 Å². The van der Waals surface area contributed by atoms with Crippen molar-refractivity contribution in [1.29, 1.82) is 0 Å². The fraction of sp³-hybridized carbons (Fsp3) is 0.800. The third-order valence-corrected chi connectivity index (χ3v) is 2.94. The van der Waals surface area contributed by atoms with Crippen LogP contribution in [0.5, 0.6) is 0 Å². The Hall–Kier alpha value is -0.340. The maximum absolute atomic E-state index is 5.66. The maximum Gasteiger partial charge on any atom is 0.0731 e. The molecule has 0 N–H and O–H groups in total. The molecule has 0 radical (unpaired) electrons. The summed E-state index contributed by atoms with van der Waals surface area (Å²) in [4.78, 5) is 2.51. The predicted molar refractivity (Wildman–Crippen MR) is 49.1 cm³/mol. The molecule has 0 aromatic rings. The van der Waals surface area contributed by atoms with Gasteiger partial charge < -0.3 is 4.74 Å². The average Bonchev–Trinajstić information content (AvgIpc) is 2.53. The molecule has 2 heteroatoms. The molecule has 0 aromatic heterocycles. The van der Waals surface area contributed by atoms with Crippen molar-refractivity contribution < 1.29 is 4.74 Å². The predicted octanol–water partition coefficient (Wildman–Crippen LogP) is 1.43. The number of hydrogen-bond acceptors (Lipinski definition) is 2. The molecule has 2 nitrogen and oxygen atoms in total. The lowest BCUT2D eigenvalue weighted by Crippen LogP contribution is -2.45. The third kappa shape index (κ3) is 1.41. The van der Waals surface area contributed by atoms with E-state index in [2.05, 4.69) is 11.5 Å². The van der Waals surface area contributed by atoms with E-state index in [-0.39, 0.29) is 0 Å². The first-order valence-corrected chi connectivity index (χ1v) is 4.88. The Morgan fingerprint density at radius 2 is 2.42 bits per heavy atom. The summed E-state index contributed by atoms with van der Waals surface area (Å²) in [6.07, 6.45) is 6.30. The molecule has 68 valence electrons. The lowest BCUT2D eigenvalue weighted by Gasteiger charge is -2.35. The van der Waals surface area contributed by atoms with Crippen LogP contribution in [0.2, 0.25) is 0 Å². The SMILES string of the molecule is C=CCN1CCC[C@H]2OCC[C@H]21. The van der Waals surface area contributed by atoms with Gasteiger partial charge in [-0.05, 0) is 25.8 Å². The van der Waals surface area contributed by atoms with Gasteiger partial charge in [-0.15, -0.1) is 6.58 Å². The van der Waals surface area contributed by atoms with Crippen LogP contribution in [-0.2, 0) is 4.74 Å². The Morgan fingerprint density at radius 3 is 3.25 bits per heavy atom. The molecule has 2 aliphatic rings. The number of nitrogens with zero attached hydrogens (tertiary/aromatic N) is 1. The number of ether oxygens (including phenoxy) is 1. The normalized spacial score (nSPS) is 36.3. The van der Waals surface area contributed by atoms with Crippen molar-refractivity contribution in [2.75, 3.05) is 19.7 Å². The van der Waals surface area contributed by atoms with Crippen LogP contribution in [0.15, 0.2) is 12.7 Å². The number of hydrogen-bond donors (Lipinski definition) is 0. The number of piperidine rings is 1. The van der Waals surface area contributed by atoms with Gasteiger partial charge in [-0.2, -0.15) is 0 Å². The Bertz CT molecular complexity index is 169. The van der Waals surface area contributed by atoms with E-state index < -0.39 is 0 Å². The van der Waals surface area contributed by atoms with Crippen LogP contribution in [0, 0.1) is 0 Å². The second-order valence-corrected chi connectivity index (χ2v) is 3.69. The zero-order valence-electron chi connectivity index (χ0n) is 7.54. The fourth-order valence-electron chi connectivity index (χ4n) is 2.38. The van der Waals surface area contributed by atoms with E-state index >= 15 is 0 Å². The molecule has 2 saturated heterocycles. The standard InChI is InChI=1S/C10H17NO/c1-2-6-11-7-3-4-10-9(11)5-8-12-10/h2,9-10H,1,3-8H2/t9-,10-/m1/s1. The quantitative estimate of drug-likeness (QED) is 0.577. The first kappa shape index (κ1) is 8.27. The lowest BCUT2D eigenvalue weighted by atomic mass is 9.99. The van der Waals surface area contributed by atoms with Crippen LogP contribution in [-0.4, -0.2) is 36.7 Å². The van der Waals surface area contributed by atoms with Gasteiger partial charge in [0, 0.05) is 19.2 Å². The van der Waals surface area contributed by atoms with Crippen molar-refractivity contribution >= 4 is 0 Å². The Balaban J connectivity index is 1.98. The highest BCUT2D eigenvalue weighted by molar-refractivity contribution is 4.91. The number of rotatable bonds is 2. The molecule has 2 heterocycles. The molecule has 0 aliphatic carbocycles. The van der Waals surface area contributed by atoms with Gasteiger partial charge in [-0.3, -0.25) is 4.90 Å². The summed E-state index contributed by atoms with van der Waals surface area (Å²) in [5.41, 5.74) is 0. The molecule has 2 aliphatic heterocycles. The molecule has 0 saturated carbocycles. The topological polar surface area (TPSA) is 12.5 Å². The van der Waals surface area contributed by atoms with Crippen molar-refractivity contribution in [2.24, 2.45) is 0 Å². The van der Waals surface area contributed by atoms with Crippen molar-refractivity contribution in [1.82, 2.24) is 4.90 Å². The molecule has 2 fully saturated rings. The van der Waals surface area contributed by atoms with Crippen LogP contribution < -0.4 is 0 Å². The molecular weight excluding hydrogens is 150 g/mol. The van der Waals surface area contributed by atoms with E-state index in [4.69, 9.17) is 4.74 Å². The Kier molecular flexibility index (Phi) is 2.47. The van der Waals surface area contributed by atoms with E-state index in [1.54, 1.807) is 0 Å². The average molecular weight is 167 g/mol. The number of fused-ring (bicyclic) bond motifs is 1. The molecule has 2 rings (SSSR count). The molecule has 2 atom stereocenters. The van der Waals surface area contributed by atoms with Crippen LogP contribution >= 0.6 is 0 Å². The minimum absolute atomic E-state index is 0.527. The molecular formula is C10H17NO. The molecule has 0 amide bonds. The molecule has 0 spiro atoms. The van der Waals surface area contributed by atoms with Gasteiger partial charge in [0.15, 0.2) is 0 Å². The monoisotopic (exact) mass is 167 g/mol. The smallest absolute Gasteiger partial charge is 0.0731 e. The van der Waals surface area contributed by atoms with Crippen molar-refractivity contribution in [3.05, 3.63) is 12.7 Å². The van der Waals surface area contributed by atoms with Crippen LogP contribution in [0.4, 0.5) is 0 Å². The lowest BCUT2D eigenvalue weighted by molar-refractivity contribution is 0.0315. The first-order chi connectivity index (χ1) is 5.92. The maximum atomic E-state index is 5.66. The second-order valence-electron chi connectivity index (χ2n) is 3.69. The van der Waals surface area contributed by atoms with E-state index in [1.807, 2.05) is 6.08 Å². The van der Waals surface area contributed by atoms with Crippen LogP contribution in [0.3, 0.4) is 0 Å². The summed E-state index contributed by atoms with van der Waals surface area (Å²) in [6.45, 7) is 7.01. The summed E-state index contributed by atoms with van der Waals surface area (Å²) >= 11 is 0. The van der Waals surface area contributed by atoms with Gasteiger partial charge in [0.2, 0.25) is 0 Å². The zero-order chi connectivity index (χ0) is 8.39. The highest BCUT2D eigenvalue weighted by Crippen LogP contribution is 2.27. The summed E-state index contributed by atoms with van der Waals surface area (Å²) in [7, 11) is 0. The summed E-state index contributed by atoms with van der Waals surface area (Å²) < 4.78 is 5.66. The zero-order valence-corrected chi connectivity index (χ0v) is 7.54. The number of likely N-dealkylation sites (tertiary alicyclic amines) is 1. The van der Waals surface area contributed by atoms with Crippen molar-refractivity contribution in [3.8, 4) is 0 Å². The van der Waals surface area contributed by atoms with Gasteiger partial charge in [0.05, 0.1) is 6.10 Å². The van der Waals surface area contributed by atoms with Gasteiger partial charge in [-0.1, -0.05) is 6.08 Å². The Morgan fingerprint density at radius 1 is 1.50 bits per heavy atom.